The molecule has 0 heterocycles. The van der Waals surface area contributed by atoms with Crippen molar-refractivity contribution in [2.45, 2.75) is 41.6 Å². The van der Waals surface area contributed by atoms with E-state index in [2.05, 4.69) is 9.48 Å². The molecule has 0 bridgehead atoms. The van der Waals surface area contributed by atoms with E-state index < -0.39 is 30.4 Å². The highest BCUT2D eigenvalue weighted by molar-refractivity contribution is 7.86. The molecular formula is C37H37N2O9S3+. The molecular weight excluding hydrogens is 713 g/mol. The molecule has 4 aromatic carbocycles. The van der Waals surface area contributed by atoms with Gasteiger partial charge in [-0.2, -0.15) is 25.3 Å². The normalized spacial score (nSPS) is 13.4. The summed E-state index contributed by atoms with van der Waals surface area (Å²) in [6, 6.07) is 25.8. The zero-order valence-electron chi connectivity index (χ0n) is 27.8. The van der Waals surface area contributed by atoms with Crippen LogP contribution in [0.1, 0.15) is 36.1 Å². The number of rotatable bonds is 12. The predicted octanol–water partition coefficient (Wildman–Crippen LogP) is 6.05. The maximum Gasteiger partial charge on any atom is 0.295 e. The van der Waals surface area contributed by atoms with Crippen LogP contribution < -0.4 is 4.90 Å². The number of hydrogen-bond donors (Lipinski definition) is 3. The monoisotopic (exact) mass is 749 g/mol. The van der Waals surface area contributed by atoms with Crippen molar-refractivity contribution in [3.8, 4) is 0 Å². The van der Waals surface area contributed by atoms with Gasteiger partial charge in [-0.1, -0.05) is 54.6 Å². The van der Waals surface area contributed by atoms with Crippen molar-refractivity contribution in [1.29, 1.82) is 0 Å². The molecule has 3 N–H and O–H groups in total. The summed E-state index contributed by atoms with van der Waals surface area (Å²) in [6.07, 6.45) is 7.56. The van der Waals surface area contributed by atoms with Crippen molar-refractivity contribution in [3.63, 3.8) is 0 Å². The molecule has 14 heteroatoms. The van der Waals surface area contributed by atoms with Crippen molar-refractivity contribution in [2.24, 2.45) is 0 Å². The van der Waals surface area contributed by atoms with Crippen LogP contribution in [-0.2, 0) is 43.4 Å². The highest BCUT2D eigenvalue weighted by Crippen LogP contribution is 2.35. The lowest BCUT2D eigenvalue weighted by atomic mass is 9.90. The first-order valence-corrected chi connectivity index (χ1v) is 20.2. The molecule has 0 aromatic heterocycles. The van der Waals surface area contributed by atoms with E-state index in [1.54, 1.807) is 42.5 Å². The topological polar surface area (TPSA) is 169 Å². The summed E-state index contributed by atoms with van der Waals surface area (Å²) in [5.74, 6) is 0. The van der Waals surface area contributed by atoms with Gasteiger partial charge in [0.05, 0.1) is 9.79 Å². The van der Waals surface area contributed by atoms with E-state index in [-0.39, 0.29) is 14.7 Å². The van der Waals surface area contributed by atoms with Crippen LogP contribution in [0.2, 0.25) is 0 Å². The number of benzene rings is 4. The van der Waals surface area contributed by atoms with Crippen LogP contribution in [0.5, 0.6) is 0 Å². The molecule has 5 rings (SSSR count). The number of nitrogens with zero attached hydrogens (tertiary/aromatic N) is 2. The number of allylic oxidation sites excluding steroid dienone is 5. The first kappa shape index (κ1) is 37.6. The lowest BCUT2D eigenvalue weighted by Gasteiger charge is -2.24. The summed E-state index contributed by atoms with van der Waals surface area (Å²) in [6.45, 7) is 6.14. The Balaban J connectivity index is 1.51. The van der Waals surface area contributed by atoms with Crippen molar-refractivity contribution in [1.82, 2.24) is 0 Å². The summed E-state index contributed by atoms with van der Waals surface area (Å²) < 4.78 is 102. The highest BCUT2D eigenvalue weighted by atomic mass is 32.2. The van der Waals surface area contributed by atoms with Crippen LogP contribution in [0.4, 0.5) is 5.69 Å². The van der Waals surface area contributed by atoms with Crippen LogP contribution in [0, 0.1) is 0 Å². The Morgan fingerprint density at radius 3 is 1.65 bits per heavy atom. The Bertz CT molecular complexity index is 2360. The molecule has 4 aromatic rings. The first-order valence-electron chi connectivity index (χ1n) is 15.9. The van der Waals surface area contributed by atoms with E-state index in [1.165, 1.54) is 30.3 Å². The van der Waals surface area contributed by atoms with E-state index in [0.717, 1.165) is 22.5 Å². The van der Waals surface area contributed by atoms with E-state index in [1.807, 2.05) is 62.4 Å². The summed E-state index contributed by atoms with van der Waals surface area (Å²) in [5, 5.41) is 0. The smallest absolute Gasteiger partial charge is 0.295 e. The van der Waals surface area contributed by atoms with Gasteiger partial charge in [0.25, 0.3) is 30.4 Å². The molecule has 11 nitrogen and oxygen atoms in total. The van der Waals surface area contributed by atoms with Crippen molar-refractivity contribution in [3.05, 3.63) is 149 Å². The van der Waals surface area contributed by atoms with Crippen LogP contribution >= 0.6 is 0 Å². The average Bonchev–Trinajstić information content (AvgIpc) is 3.10. The Morgan fingerprint density at radius 2 is 1.16 bits per heavy atom. The Hall–Kier alpha value is -4.70. The summed E-state index contributed by atoms with van der Waals surface area (Å²) >= 11 is 0. The quantitative estimate of drug-likeness (QED) is 0.114. The van der Waals surface area contributed by atoms with Gasteiger partial charge in [0.15, 0.2) is 12.3 Å². The zero-order valence-corrected chi connectivity index (χ0v) is 30.2. The fourth-order valence-corrected chi connectivity index (χ4v) is 7.46. The molecule has 51 heavy (non-hydrogen) atoms. The molecule has 0 unspecified atom stereocenters. The molecule has 0 amide bonds. The molecule has 0 saturated carbocycles. The SMILES string of the molecule is CCN(Cc1ccc(S(=O)(=O)O)cc1)c1ccc(C(=C2C=CC(=[N+](CC)Cc3ccc(S(=O)(=O)O)cc3)C=C2)c2ccccc2S(=O)(=O)O)cc1. The minimum absolute atomic E-state index is 0.185. The zero-order chi connectivity index (χ0) is 37.0. The second-order valence-electron chi connectivity index (χ2n) is 11.7. The van der Waals surface area contributed by atoms with Gasteiger partial charge in [0.1, 0.15) is 11.4 Å². The summed E-state index contributed by atoms with van der Waals surface area (Å²) in [7, 11) is -13.2. The van der Waals surface area contributed by atoms with E-state index in [4.69, 9.17) is 0 Å². The molecule has 0 saturated heterocycles. The Morgan fingerprint density at radius 1 is 0.627 bits per heavy atom. The molecule has 266 valence electrons. The average molecular weight is 750 g/mol. The van der Waals surface area contributed by atoms with Crippen LogP contribution in [-0.4, -0.2) is 62.3 Å². The van der Waals surface area contributed by atoms with E-state index in [9.17, 15) is 38.9 Å². The summed E-state index contributed by atoms with van der Waals surface area (Å²) in [4.78, 5) is 1.47. The second kappa shape index (κ2) is 15.3. The summed E-state index contributed by atoms with van der Waals surface area (Å²) in [5.41, 5.74) is 5.68. The van der Waals surface area contributed by atoms with Crippen molar-refractivity contribution >= 4 is 47.3 Å². The van der Waals surface area contributed by atoms with Crippen LogP contribution in [0.25, 0.3) is 5.57 Å². The molecule has 0 fully saturated rings. The number of hydrogen-bond acceptors (Lipinski definition) is 7. The van der Waals surface area contributed by atoms with Gasteiger partial charge >= 0.3 is 0 Å². The molecule has 0 radical (unpaired) electrons. The van der Waals surface area contributed by atoms with Crippen LogP contribution in [0.3, 0.4) is 0 Å². The van der Waals surface area contributed by atoms with Gasteiger partial charge in [-0.3, -0.25) is 13.7 Å². The lowest BCUT2D eigenvalue weighted by Crippen LogP contribution is -2.22. The Labute approximate surface area is 298 Å². The molecule has 1 aliphatic carbocycles. The van der Waals surface area contributed by atoms with Gasteiger partial charge in [-0.15, -0.1) is 0 Å². The minimum atomic E-state index is -4.58. The number of anilines is 1. The molecule has 0 atom stereocenters. The largest absolute Gasteiger partial charge is 0.367 e. The third kappa shape index (κ3) is 9.16. The highest BCUT2D eigenvalue weighted by Gasteiger charge is 2.22. The second-order valence-corrected chi connectivity index (χ2v) is 15.9. The molecule has 0 aliphatic heterocycles. The van der Waals surface area contributed by atoms with Crippen LogP contribution in [0.15, 0.2) is 142 Å². The minimum Gasteiger partial charge on any atom is -0.367 e. The third-order valence-electron chi connectivity index (χ3n) is 8.43. The molecule has 0 spiro atoms. The van der Waals surface area contributed by atoms with Gasteiger partial charge < -0.3 is 4.90 Å². The standard InChI is InChI=1S/C37H36N2O9S3/c1-3-38(25-27-9-21-33(22-10-27)49(40,41)42)31-17-13-29(14-18-31)37(35-7-5-6-8-36(35)51(46,47)48)30-15-19-32(20-16-30)39(4-2)26-28-11-23-34(24-12-28)50(43,44)45/h5-24H,3-4,25-26H2,1-2H3,(H2-,40,41,42,43,44,45,46,47,48)/p+1. The van der Waals surface area contributed by atoms with Gasteiger partial charge in [0.2, 0.25) is 0 Å². The van der Waals surface area contributed by atoms with E-state index >= 15 is 0 Å². The van der Waals surface area contributed by atoms with E-state index in [0.29, 0.717) is 48.5 Å². The first-order chi connectivity index (χ1) is 24.1. The molecule has 1 aliphatic rings. The van der Waals surface area contributed by atoms with Crippen molar-refractivity contribution in [2.75, 3.05) is 18.0 Å². The van der Waals surface area contributed by atoms with Gasteiger partial charge in [0, 0.05) is 42.1 Å². The van der Waals surface area contributed by atoms with Crippen molar-refractivity contribution < 1.29 is 43.5 Å². The Kier molecular flexibility index (Phi) is 11.2. The maximum absolute atomic E-state index is 12.5. The fraction of sp³-hybridized carbons (Fsp3) is 0.162. The predicted molar refractivity (Wildman–Crippen MR) is 196 cm³/mol. The van der Waals surface area contributed by atoms with Gasteiger partial charge in [-0.25, -0.2) is 4.58 Å². The fourth-order valence-electron chi connectivity index (χ4n) is 5.80. The third-order valence-corrected chi connectivity index (χ3v) is 11.1. The van der Waals surface area contributed by atoms with Gasteiger partial charge in [-0.05, 0) is 90.7 Å². The maximum atomic E-state index is 12.5. The lowest BCUT2D eigenvalue weighted by molar-refractivity contribution is -0.539.